The third kappa shape index (κ3) is 4.50. The fourth-order valence-corrected chi connectivity index (χ4v) is 4.11. The largest absolute Gasteiger partial charge is 0.497 e. The van der Waals surface area contributed by atoms with Crippen molar-refractivity contribution in [2.45, 2.75) is 19.4 Å². The summed E-state index contributed by atoms with van der Waals surface area (Å²) in [5.74, 6) is 0.241. The fraction of sp³-hybridized carbons (Fsp3) is 0.185. The predicted octanol–water partition coefficient (Wildman–Crippen LogP) is 4.32. The summed E-state index contributed by atoms with van der Waals surface area (Å²) in [4.78, 5) is 25.9. The number of esters is 1. The normalized spacial score (nSPS) is 15.0. The second kappa shape index (κ2) is 9.91. The molecule has 0 fully saturated rings. The van der Waals surface area contributed by atoms with E-state index in [1.807, 2.05) is 54.6 Å². The van der Waals surface area contributed by atoms with Crippen LogP contribution in [0.5, 0.6) is 5.75 Å². The molecule has 36 heavy (non-hydrogen) atoms. The van der Waals surface area contributed by atoms with Gasteiger partial charge in [-0.1, -0.05) is 18.2 Å². The Morgan fingerprint density at radius 2 is 1.83 bits per heavy atom. The Labute approximate surface area is 207 Å². The molecule has 1 aliphatic rings. The molecular weight excluding hydrogens is 460 g/mol. The number of nitrogens with zero attached hydrogens (tertiary/aromatic N) is 4. The number of carbonyl (C=O) groups is 2. The average molecular weight is 485 g/mol. The summed E-state index contributed by atoms with van der Waals surface area (Å²) in [6.45, 7) is 1.31. The lowest BCUT2D eigenvalue weighted by Gasteiger charge is -2.19. The van der Waals surface area contributed by atoms with E-state index >= 15 is 0 Å². The Morgan fingerprint density at radius 1 is 1.06 bits per heavy atom. The van der Waals surface area contributed by atoms with Crippen LogP contribution in [0, 0.1) is 6.92 Å². The Bertz CT molecular complexity index is 1390. The first-order valence-electron chi connectivity index (χ1n) is 11.4. The van der Waals surface area contributed by atoms with E-state index in [4.69, 9.17) is 13.9 Å². The molecule has 0 saturated heterocycles. The van der Waals surface area contributed by atoms with Gasteiger partial charge in [-0.05, 0) is 61.0 Å². The molecule has 5 rings (SSSR count). The average Bonchev–Trinajstić information content (AvgIpc) is 3.67. The summed E-state index contributed by atoms with van der Waals surface area (Å²) in [6, 6.07) is 20.0. The van der Waals surface area contributed by atoms with Crippen LogP contribution in [0.3, 0.4) is 0 Å². The second-order valence-electron chi connectivity index (χ2n) is 8.22. The van der Waals surface area contributed by atoms with Crippen molar-refractivity contribution >= 4 is 17.6 Å². The summed E-state index contributed by atoms with van der Waals surface area (Å²) in [6.07, 6.45) is 3.45. The van der Waals surface area contributed by atoms with Crippen molar-refractivity contribution in [2.24, 2.45) is 5.10 Å². The molecule has 0 saturated carbocycles. The fourth-order valence-electron chi connectivity index (χ4n) is 4.11. The van der Waals surface area contributed by atoms with Crippen LogP contribution in [-0.2, 0) is 9.53 Å². The number of amides is 1. The highest BCUT2D eigenvalue weighted by atomic mass is 16.5. The number of hydrogen-bond donors (Lipinski definition) is 0. The van der Waals surface area contributed by atoms with Gasteiger partial charge in [0.25, 0.3) is 5.91 Å². The molecule has 1 aliphatic heterocycles. The zero-order valence-corrected chi connectivity index (χ0v) is 19.8. The van der Waals surface area contributed by atoms with E-state index in [1.54, 1.807) is 37.1 Å². The third-order valence-electron chi connectivity index (χ3n) is 6.02. The van der Waals surface area contributed by atoms with Crippen LogP contribution in [0.4, 0.5) is 0 Å². The molecule has 1 unspecified atom stereocenters. The van der Waals surface area contributed by atoms with Crippen LogP contribution >= 0.6 is 0 Å². The van der Waals surface area contributed by atoms with Gasteiger partial charge in [-0.25, -0.2) is 14.5 Å². The number of aromatic nitrogens is 2. The van der Waals surface area contributed by atoms with Crippen LogP contribution in [0.1, 0.15) is 39.8 Å². The molecule has 0 aliphatic carbocycles. The van der Waals surface area contributed by atoms with Gasteiger partial charge in [0.05, 0.1) is 36.7 Å². The second-order valence-corrected chi connectivity index (χ2v) is 8.22. The van der Waals surface area contributed by atoms with Crippen molar-refractivity contribution in [3.8, 4) is 11.4 Å². The van der Waals surface area contributed by atoms with Crippen molar-refractivity contribution < 1.29 is 23.5 Å². The van der Waals surface area contributed by atoms with E-state index in [2.05, 4.69) is 10.2 Å². The summed E-state index contributed by atoms with van der Waals surface area (Å²) in [5.41, 5.74) is 3.32. The molecule has 3 heterocycles. The number of rotatable bonds is 7. The van der Waals surface area contributed by atoms with E-state index in [0.717, 1.165) is 22.7 Å². The van der Waals surface area contributed by atoms with Gasteiger partial charge in [-0.3, -0.25) is 4.79 Å². The zero-order valence-electron chi connectivity index (χ0n) is 19.8. The molecule has 0 spiro atoms. The molecule has 9 nitrogen and oxygen atoms in total. The van der Waals surface area contributed by atoms with Crippen LogP contribution < -0.4 is 4.74 Å². The molecule has 0 radical (unpaired) electrons. The van der Waals surface area contributed by atoms with Crippen molar-refractivity contribution in [2.75, 3.05) is 13.7 Å². The Hall–Kier alpha value is -4.66. The lowest BCUT2D eigenvalue weighted by molar-refractivity contribution is -0.136. The molecule has 182 valence electrons. The standard InChI is InChI=1S/C27H24N4O5/c1-18-22(16-28-30(18)20-7-4-3-5-8-20)27(33)36-17-26(32)31-24(25-9-6-14-35-25)15-23(29-31)19-10-12-21(34-2)13-11-19/h3-14,16,24H,15,17H2,1-2H3. The quantitative estimate of drug-likeness (QED) is 0.362. The highest BCUT2D eigenvalue weighted by molar-refractivity contribution is 6.03. The number of hydrogen-bond acceptors (Lipinski definition) is 7. The molecule has 2 aromatic heterocycles. The maximum absolute atomic E-state index is 13.1. The summed E-state index contributed by atoms with van der Waals surface area (Å²) in [7, 11) is 1.60. The van der Waals surface area contributed by atoms with E-state index in [1.165, 1.54) is 11.2 Å². The Balaban J connectivity index is 1.31. The molecule has 4 aromatic rings. The van der Waals surface area contributed by atoms with E-state index in [0.29, 0.717) is 17.9 Å². The Morgan fingerprint density at radius 3 is 2.53 bits per heavy atom. The van der Waals surface area contributed by atoms with Gasteiger partial charge in [-0.2, -0.15) is 10.2 Å². The van der Waals surface area contributed by atoms with Gasteiger partial charge in [0.1, 0.15) is 23.1 Å². The molecule has 1 atom stereocenters. The summed E-state index contributed by atoms with van der Waals surface area (Å²) in [5, 5.41) is 10.2. The Kier molecular flexibility index (Phi) is 6.36. The van der Waals surface area contributed by atoms with Crippen molar-refractivity contribution in [1.29, 1.82) is 0 Å². The van der Waals surface area contributed by atoms with E-state index < -0.39 is 24.5 Å². The molecular formula is C27H24N4O5. The van der Waals surface area contributed by atoms with Gasteiger partial charge in [0, 0.05) is 6.42 Å². The number of methoxy groups -OCH3 is 1. The minimum atomic E-state index is -0.629. The number of hydrazone groups is 1. The van der Waals surface area contributed by atoms with Gasteiger partial charge in [-0.15, -0.1) is 0 Å². The summed E-state index contributed by atoms with van der Waals surface area (Å²) < 4.78 is 17.8. The van der Waals surface area contributed by atoms with Gasteiger partial charge >= 0.3 is 5.97 Å². The van der Waals surface area contributed by atoms with E-state index in [9.17, 15) is 9.59 Å². The molecule has 1 amide bonds. The third-order valence-corrected chi connectivity index (χ3v) is 6.02. The SMILES string of the molecule is COc1ccc(C2=NN(C(=O)COC(=O)c3cnn(-c4ccccc4)c3C)C(c3ccco3)C2)cc1. The zero-order chi connectivity index (χ0) is 25.1. The summed E-state index contributed by atoms with van der Waals surface area (Å²) >= 11 is 0. The van der Waals surface area contributed by atoms with Crippen LogP contribution in [0.2, 0.25) is 0 Å². The maximum atomic E-state index is 13.1. The van der Waals surface area contributed by atoms with Gasteiger partial charge in [0.15, 0.2) is 6.61 Å². The molecule has 0 N–H and O–H groups in total. The number of furan rings is 1. The molecule has 2 aromatic carbocycles. The lowest BCUT2D eigenvalue weighted by atomic mass is 10.0. The van der Waals surface area contributed by atoms with Crippen LogP contribution in [0.25, 0.3) is 5.69 Å². The number of carbonyl (C=O) groups excluding carboxylic acids is 2. The topological polar surface area (TPSA) is 99.2 Å². The highest BCUT2D eigenvalue weighted by Crippen LogP contribution is 2.33. The first-order valence-corrected chi connectivity index (χ1v) is 11.4. The minimum absolute atomic E-state index is 0.290. The van der Waals surface area contributed by atoms with Crippen LogP contribution in [0.15, 0.2) is 88.7 Å². The van der Waals surface area contributed by atoms with Gasteiger partial charge in [0.2, 0.25) is 0 Å². The number of para-hydroxylation sites is 1. The minimum Gasteiger partial charge on any atom is -0.497 e. The van der Waals surface area contributed by atoms with Crippen LogP contribution in [-0.4, -0.2) is 46.1 Å². The highest BCUT2D eigenvalue weighted by Gasteiger charge is 2.35. The van der Waals surface area contributed by atoms with Crippen molar-refractivity contribution in [1.82, 2.24) is 14.8 Å². The van der Waals surface area contributed by atoms with Gasteiger partial charge < -0.3 is 13.9 Å². The maximum Gasteiger partial charge on any atom is 0.342 e. The number of ether oxygens (including phenoxy) is 2. The first kappa shape index (κ1) is 23.1. The first-order chi connectivity index (χ1) is 17.5. The monoisotopic (exact) mass is 484 g/mol. The lowest BCUT2D eigenvalue weighted by Crippen LogP contribution is -2.31. The van der Waals surface area contributed by atoms with Crippen molar-refractivity contribution in [3.05, 3.63) is 102 Å². The smallest absolute Gasteiger partial charge is 0.342 e. The molecule has 9 heteroatoms. The van der Waals surface area contributed by atoms with Crippen molar-refractivity contribution in [3.63, 3.8) is 0 Å². The van der Waals surface area contributed by atoms with E-state index in [-0.39, 0.29) is 5.56 Å². The predicted molar refractivity (Wildman–Crippen MR) is 131 cm³/mol. The molecule has 0 bridgehead atoms. The number of benzene rings is 2.